The zero-order valence-electron chi connectivity index (χ0n) is 12.7. The van der Waals surface area contributed by atoms with Crippen LogP contribution in [0, 0.1) is 0 Å². The number of nitrogens with one attached hydrogen (secondary N) is 2. The highest BCUT2D eigenvalue weighted by atomic mass is 32.1. The van der Waals surface area contributed by atoms with Crippen LogP contribution in [0.1, 0.15) is 0 Å². The van der Waals surface area contributed by atoms with E-state index in [1.807, 2.05) is 11.7 Å². The van der Waals surface area contributed by atoms with Crippen molar-refractivity contribution in [2.75, 3.05) is 25.6 Å². The fourth-order valence-electron chi connectivity index (χ4n) is 2.67. The van der Waals surface area contributed by atoms with Crippen LogP contribution in [0.15, 0.2) is 42.0 Å². The van der Waals surface area contributed by atoms with Crippen LogP contribution in [0.5, 0.6) is 0 Å². The Bertz CT molecular complexity index is 959. The summed E-state index contributed by atoms with van der Waals surface area (Å²) in [7, 11) is 1.69. The van der Waals surface area contributed by atoms with Crippen LogP contribution in [0.25, 0.3) is 32.4 Å². The molecule has 1 aromatic carbocycles. The molecule has 0 aliphatic rings. The number of anilines is 1. The first-order valence-electron chi connectivity index (χ1n) is 7.40. The number of hydrogen-bond acceptors (Lipinski definition) is 5. The minimum Gasteiger partial charge on any atom is -0.383 e. The van der Waals surface area contributed by atoms with E-state index in [0.29, 0.717) is 6.61 Å². The third kappa shape index (κ3) is 2.67. The zero-order valence-corrected chi connectivity index (χ0v) is 13.5. The maximum absolute atomic E-state index is 5.09. The van der Waals surface area contributed by atoms with Gasteiger partial charge in [0.2, 0.25) is 0 Å². The van der Waals surface area contributed by atoms with Crippen molar-refractivity contribution < 1.29 is 4.74 Å². The fraction of sp³-hybridized carbons (Fsp3) is 0.176. The largest absolute Gasteiger partial charge is 0.383 e. The first kappa shape index (κ1) is 14.2. The number of ether oxygens (including phenoxy) is 1. The molecule has 0 aliphatic heterocycles. The van der Waals surface area contributed by atoms with E-state index in [9.17, 15) is 0 Å². The molecule has 0 bridgehead atoms. The molecule has 23 heavy (non-hydrogen) atoms. The molecule has 4 aromatic rings. The number of thiazole rings is 1. The van der Waals surface area contributed by atoms with Gasteiger partial charge in [0.25, 0.3) is 0 Å². The molecular formula is C17H16N4OS. The lowest BCUT2D eigenvalue weighted by molar-refractivity contribution is 0.210. The molecule has 0 saturated heterocycles. The standard InChI is InChI=1S/C17H16N4OS/c1-22-7-6-18-16-9-13(12-4-5-19-17(12)21-16)11-2-3-14-15(8-11)23-10-20-14/h2-5,8-10H,6-7H2,1H3,(H2,18,19,21). The van der Waals surface area contributed by atoms with Gasteiger partial charge in [0.05, 0.1) is 22.3 Å². The molecule has 0 fully saturated rings. The Hall–Kier alpha value is -2.44. The molecule has 0 amide bonds. The summed E-state index contributed by atoms with van der Waals surface area (Å²) in [6.45, 7) is 1.37. The number of methoxy groups -OCH3 is 1. The van der Waals surface area contributed by atoms with E-state index < -0.39 is 0 Å². The monoisotopic (exact) mass is 324 g/mol. The number of rotatable bonds is 5. The molecule has 0 spiro atoms. The van der Waals surface area contributed by atoms with Crippen molar-refractivity contribution in [3.8, 4) is 11.1 Å². The first-order chi connectivity index (χ1) is 11.3. The summed E-state index contributed by atoms with van der Waals surface area (Å²) < 4.78 is 6.28. The van der Waals surface area contributed by atoms with Crippen LogP contribution in [0.4, 0.5) is 5.82 Å². The van der Waals surface area contributed by atoms with Crippen molar-refractivity contribution in [1.29, 1.82) is 0 Å². The number of hydrogen-bond donors (Lipinski definition) is 2. The van der Waals surface area contributed by atoms with Gasteiger partial charge >= 0.3 is 0 Å². The summed E-state index contributed by atoms with van der Waals surface area (Å²) in [6, 6.07) is 10.5. The maximum Gasteiger partial charge on any atom is 0.140 e. The molecule has 6 heteroatoms. The van der Waals surface area contributed by atoms with E-state index in [2.05, 4.69) is 50.6 Å². The molecule has 116 valence electrons. The average molecular weight is 324 g/mol. The summed E-state index contributed by atoms with van der Waals surface area (Å²) in [4.78, 5) is 12.2. The van der Waals surface area contributed by atoms with Crippen LogP contribution in [-0.2, 0) is 4.74 Å². The van der Waals surface area contributed by atoms with Gasteiger partial charge in [0.1, 0.15) is 11.5 Å². The number of aromatic amines is 1. The molecule has 4 rings (SSSR count). The minimum absolute atomic E-state index is 0.645. The van der Waals surface area contributed by atoms with Gasteiger partial charge in [-0.2, -0.15) is 0 Å². The van der Waals surface area contributed by atoms with Gasteiger partial charge in [-0.1, -0.05) is 6.07 Å². The van der Waals surface area contributed by atoms with Crippen LogP contribution >= 0.6 is 11.3 Å². The Morgan fingerprint density at radius 2 is 2.22 bits per heavy atom. The fourth-order valence-corrected chi connectivity index (χ4v) is 3.39. The molecular weight excluding hydrogens is 308 g/mol. The molecule has 5 nitrogen and oxygen atoms in total. The zero-order chi connectivity index (χ0) is 15.6. The summed E-state index contributed by atoms with van der Waals surface area (Å²) in [5.74, 6) is 0.844. The second kappa shape index (κ2) is 5.98. The van der Waals surface area contributed by atoms with E-state index in [0.717, 1.165) is 34.5 Å². The van der Waals surface area contributed by atoms with Gasteiger partial charge in [-0.3, -0.25) is 0 Å². The van der Waals surface area contributed by atoms with E-state index in [1.54, 1.807) is 18.4 Å². The summed E-state index contributed by atoms with van der Waals surface area (Å²) >= 11 is 1.66. The topological polar surface area (TPSA) is 62.8 Å². The molecule has 0 saturated carbocycles. The Kier molecular flexibility index (Phi) is 3.69. The van der Waals surface area contributed by atoms with Crippen LogP contribution < -0.4 is 5.32 Å². The van der Waals surface area contributed by atoms with Gasteiger partial charge in [0.15, 0.2) is 0 Å². The Labute approximate surface area is 137 Å². The molecule has 0 aliphatic carbocycles. The van der Waals surface area contributed by atoms with Crippen molar-refractivity contribution in [3.63, 3.8) is 0 Å². The molecule has 0 unspecified atom stereocenters. The lowest BCUT2D eigenvalue weighted by Gasteiger charge is -2.09. The molecule has 0 radical (unpaired) electrons. The van der Waals surface area contributed by atoms with Crippen LogP contribution in [-0.4, -0.2) is 35.2 Å². The van der Waals surface area contributed by atoms with Gasteiger partial charge in [-0.05, 0) is 35.4 Å². The van der Waals surface area contributed by atoms with E-state index >= 15 is 0 Å². The van der Waals surface area contributed by atoms with Gasteiger partial charge in [0, 0.05) is 25.2 Å². The first-order valence-corrected chi connectivity index (χ1v) is 8.28. The quantitative estimate of drug-likeness (QED) is 0.547. The number of pyridine rings is 1. The predicted octanol–water partition coefficient (Wildman–Crippen LogP) is 3.90. The number of H-pyrrole nitrogens is 1. The number of nitrogens with zero attached hydrogens (tertiary/aromatic N) is 2. The highest BCUT2D eigenvalue weighted by Crippen LogP contribution is 2.32. The smallest absolute Gasteiger partial charge is 0.140 e. The molecule has 3 aromatic heterocycles. The van der Waals surface area contributed by atoms with Gasteiger partial charge in [-0.15, -0.1) is 11.3 Å². The average Bonchev–Trinajstić information content (AvgIpc) is 3.22. The number of fused-ring (bicyclic) bond motifs is 2. The summed E-state index contributed by atoms with van der Waals surface area (Å²) in [5, 5.41) is 4.42. The van der Waals surface area contributed by atoms with Crippen LogP contribution in [0.3, 0.4) is 0 Å². The predicted molar refractivity (Wildman–Crippen MR) is 95.1 cm³/mol. The SMILES string of the molecule is COCCNc1cc(-c2ccc3ncsc3c2)c2cc[nH]c2n1. The Morgan fingerprint density at radius 3 is 3.13 bits per heavy atom. The Balaban J connectivity index is 1.81. The lowest BCUT2D eigenvalue weighted by Crippen LogP contribution is -2.08. The highest BCUT2D eigenvalue weighted by Gasteiger charge is 2.10. The highest BCUT2D eigenvalue weighted by molar-refractivity contribution is 7.16. The van der Waals surface area contributed by atoms with E-state index in [1.165, 1.54) is 10.3 Å². The van der Waals surface area contributed by atoms with Crippen molar-refractivity contribution in [3.05, 3.63) is 42.0 Å². The maximum atomic E-state index is 5.09. The van der Waals surface area contributed by atoms with Gasteiger partial charge in [-0.25, -0.2) is 9.97 Å². The van der Waals surface area contributed by atoms with Crippen molar-refractivity contribution in [2.45, 2.75) is 0 Å². The third-order valence-corrected chi connectivity index (χ3v) is 4.57. The normalized spacial score (nSPS) is 11.3. The van der Waals surface area contributed by atoms with Crippen molar-refractivity contribution >= 4 is 38.4 Å². The van der Waals surface area contributed by atoms with Crippen molar-refractivity contribution in [2.24, 2.45) is 0 Å². The minimum atomic E-state index is 0.645. The second-order valence-electron chi connectivity index (χ2n) is 5.25. The molecule has 0 atom stereocenters. The lowest BCUT2D eigenvalue weighted by atomic mass is 10.0. The number of aromatic nitrogens is 3. The van der Waals surface area contributed by atoms with Crippen molar-refractivity contribution in [1.82, 2.24) is 15.0 Å². The van der Waals surface area contributed by atoms with Gasteiger partial charge < -0.3 is 15.0 Å². The molecule has 3 heterocycles. The van der Waals surface area contributed by atoms with E-state index in [4.69, 9.17) is 4.74 Å². The summed E-state index contributed by atoms with van der Waals surface area (Å²) in [6.07, 6.45) is 1.92. The third-order valence-electron chi connectivity index (χ3n) is 3.78. The van der Waals surface area contributed by atoms with Crippen LogP contribution in [0.2, 0.25) is 0 Å². The second-order valence-corrected chi connectivity index (χ2v) is 6.14. The number of benzene rings is 1. The Morgan fingerprint density at radius 1 is 1.26 bits per heavy atom. The summed E-state index contributed by atoms with van der Waals surface area (Å²) in [5.41, 5.74) is 6.13. The van der Waals surface area contributed by atoms with E-state index in [-0.39, 0.29) is 0 Å². The molecule has 2 N–H and O–H groups in total.